The van der Waals surface area contributed by atoms with Crippen molar-refractivity contribution in [3.05, 3.63) is 0 Å². The molecular formula is C26H48O4. The number of hydrogen-bond donors (Lipinski definition) is 0. The summed E-state index contributed by atoms with van der Waals surface area (Å²) in [6.07, 6.45) is 13.8. The van der Waals surface area contributed by atoms with E-state index in [1.807, 2.05) is 0 Å². The van der Waals surface area contributed by atoms with E-state index in [1.165, 1.54) is 32.1 Å². The normalized spacial score (nSPS) is 20.6. The van der Waals surface area contributed by atoms with E-state index in [0.29, 0.717) is 19.1 Å². The molecule has 0 heterocycles. The Labute approximate surface area is 185 Å². The van der Waals surface area contributed by atoms with Crippen molar-refractivity contribution in [2.45, 2.75) is 118 Å². The van der Waals surface area contributed by atoms with E-state index < -0.39 is 0 Å². The second-order valence-corrected chi connectivity index (χ2v) is 10.6. The minimum Gasteiger partial charge on any atom is -0.465 e. The molecule has 1 saturated carbocycles. The topological polar surface area (TPSA) is 52.6 Å². The summed E-state index contributed by atoms with van der Waals surface area (Å²) in [6.45, 7) is 12.1. The molecule has 4 nitrogen and oxygen atoms in total. The number of carbonyl (C=O) groups is 2. The van der Waals surface area contributed by atoms with Gasteiger partial charge in [0.05, 0.1) is 25.0 Å². The van der Waals surface area contributed by atoms with Crippen molar-refractivity contribution in [2.75, 3.05) is 13.2 Å². The predicted octanol–water partition coefficient (Wildman–Crippen LogP) is 7.09. The Morgan fingerprint density at radius 2 is 1.33 bits per heavy atom. The highest BCUT2D eigenvalue weighted by molar-refractivity contribution is 5.82. The lowest BCUT2D eigenvalue weighted by Gasteiger charge is -2.28. The van der Waals surface area contributed by atoms with Crippen LogP contribution in [0.1, 0.15) is 118 Å². The highest BCUT2D eigenvalue weighted by Gasteiger charge is 2.37. The van der Waals surface area contributed by atoms with Gasteiger partial charge in [-0.25, -0.2) is 0 Å². The van der Waals surface area contributed by atoms with Gasteiger partial charge in [-0.1, -0.05) is 86.0 Å². The first kappa shape index (κ1) is 27.0. The molecule has 0 bridgehead atoms. The monoisotopic (exact) mass is 424 g/mol. The van der Waals surface area contributed by atoms with Gasteiger partial charge >= 0.3 is 11.9 Å². The van der Waals surface area contributed by atoms with E-state index >= 15 is 0 Å². The Hall–Kier alpha value is -1.06. The summed E-state index contributed by atoms with van der Waals surface area (Å²) in [5, 5.41) is 0. The molecule has 4 heteroatoms. The van der Waals surface area contributed by atoms with Crippen molar-refractivity contribution >= 4 is 11.9 Å². The zero-order chi connectivity index (χ0) is 22.4. The molecule has 0 N–H and O–H groups in total. The van der Waals surface area contributed by atoms with Gasteiger partial charge in [0.1, 0.15) is 0 Å². The third-order valence-corrected chi connectivity index (χ3v) is 6.18. The van der Waals surface area contributed by atoms with Crippen LogP contribution >= 0.6 is 0 Å². The fraction of sp³-hybridized carbons (Fsp3) is 0.923. The second kappa shape index (κ2) is 14.9. The summed E-state index contributed by atoms with van der Waals surface area (Å²) in [5.74, 6) is -0.507. The molecule has 30 heavy (non-hydrogen) atoms. The smallest absolute Gasteiger partial charge is 0.309 e. The summed E-state index contributed by atoms with van der Waals surface area (Å²) in [5.41, 5.74) is 0.289. The summed E-state index contributed by atoms with van der Waals surface area (Å²) >= 11 is 0. The average Bonchev–Trinajstić information content (AvgIpc) is 2.68. The van der Waals surface area contributed by atoms with Crippen LogP contribution in [0.15, 0.2) is 0 Å². The molecule has 0 radical (unpaired) electrons. The van der Waals surface area contributed by atoms with Crippen molar-refractivity contribution < 1.29 is 19.1 Å². The zero-order valence-electron chi connectivity index (χ0n) is 20.5. The van der Waals surface area contributed by atoms with E-state index in [2.05, 4.69) is 34.6 Å². The van der Waals surface area contributed by atoms with Crippen LogP contribution < -0.4 is 0 Å². The Morgan fingerprint density at radius 3 is 1.87 bits per heavy atom. The van der Waals surface area contributed by atoms with Gasteiger partial charge in [-0.15, -0.1) is 0 Å². The number of esters is 2. The van der Waals surface area contributed by atoms with Crippen LogP contribution in [0, 0.1) is 23.2 Å². The minimum atomic E-state index is -0.321. The Balaban J connectivity index is 2.31. The van der Waals surface area contributed by atoms with Crippen LogP contribution in [0.2, 0.25) is 0 Å². The van der Waals surface area contributed by atoms with Gasteiger partial charge in [-0.2, -0.15) is 0 Å². The highest BCUT2D eigenvalue weighted by Crippen LogP contribution is 2.32. The lowest BCUT2D eigenvalue weighted by molar-refractivity contribution is -0.163. The Morgan fingerprint density at radius 1 is 0.833 bits per heavy atom. The van der Waals surface area contributed by atoms with Crippen molar-refractivity contribution in [2.24, 2.45) is 23.2 Å². The maximum Gasteiger partial charge on any atom is 0.309 e. The molecule has 0 aromatic heterocycles. The molecule has 3 unspecified atom stereocenters. The minimum absolute atomic E-state index is 0.191. The number of unbranched alkanes of at least 4 members (excludes halogenated alkanes) is 6. The molecular weight excluding hydrogens is 376 g/mol. The fourth-order valence-corrected chi connectivity index (χ4v) is 4.65. The van der Waals surface area contributed by atoms with Crippen LogP contribution in [0.5, 0.6) is 0 Å². The quantitative estimate of drug-likeness (QED) is 0.220. The fourth-order valence-electron chi connectivity index (χ4n) is 4.65. The largest absolute Gasteiger partial charge is 0.465 e. The summed E-state index contributed by atoms with van der Waals surface area (Å²) in [7, 11) is 0. The third kappa shape index (κ3) is 12.0. The van der Waals surface area contributed by atoms with E-state index in [-0.39, 0.29) is 29.2 Å². The van der Waals surface area contributed by atoms with Gasteiger partial charge in [-0.05, 0) is 43.4 Å². The SMILES string of the molecule is CCCCCCCCCOC(=O)C1CCCCC1C(=O)OCCC(C)CC(C)(C)C. The molecule has 0 amide bonds. The first-order valence-corrected chi connectivity index (χ1v) is 12.6. The van der Waals surface area contributed by atoms with Crippen LogP contribution in [0.3, 0.4) is 0 Å². The van der Waals surface area contributed by atoms with Crippen LogP contribution in [0.4, 0.5) is 0 Å². The van der Waals surface area contributed by atoms with Gasteiger partial charge < -0.3 is 9.47 Å². The van der Waals surface area contributed by atoms with Gasteiger partial charge in [0, 0.05) is 0 Å². The summed E-state index contributed by atoms with van der Waals surface area (Å²) in [4.78, 5) is 25.2. The van der Waals surface area contributed by atoms with E-state index in [9.17, 15) is 9.59 Å². The van der Waals surface area contributed by atoms with Crippen molar-refractivity contribution in [3.63, 3.8) is 0 Å². The first-order valence-electron chi connectivity index (χ1n) is 12.6. The van der Waals surface area contributed by atoms with Crippen LogP contribution in [0.25, 0.3) is 0 Å². The maximum atomic E-state index is 12.7. The van der Waals surface area contributed by atoms with E-state index in [4.69, 9.17) is 9.47 Å². The number of rotatable bonds is 14. The molecule has 3 atom stereocenters. The summed E-state index contributed by atoms with van der Waals surface area (Å²) < 4.78 is 11.1. The molecule has 1 aliphatic rings. The zero-order valence-corrected chi connectivity index (χ0v) is 20.5. The number of ether oxygens (including phenoxy) is 2. The van der Waals surface area contributed by atoms with Gasteiger partial charge in [-0.3, -0.25) is 9.59 Å². The van der Waals surface area contributed by atoms with Gasteiger partial charge in [0.15, 0.2) is 0 Å². The Kier molecular flexibility index (Phi) is 13.4. The molecule has 0 aromatic carbocycles. The average molecular weight is 425 g/mol. The third-order valence-electron chi connectivity index (χ3n) is 6.18. The Bertz CT molecular complexity index is 480. The molecule has 0 aromatic rings. The maximum absolute atomic E-state index is 12.7. The van der Waals surface area contributed by atoms with Crippen molar-refractivity contribution in [3.8, 4) is 0 Å². The molecule has 1 fully saturated rings. The molecule has 176 valence electrons. The van der Waals surface area contributed by atoms with Gasteiger partial charge in [0.2, 0.25) is 0 Å². The first-order chi connectivity index (χ1) is 14.2. The van der Waals surface area contributed by atoms with E-state index in [1.54, 1.807) is 0 Å². The summed E-state index contributed by atoms with van der Waals surface area (Å²) in [6, 6.07) is 0. The molecule has 0 spiro atoms. The molecule has 1 rings (SSSR count). The molecule has 1 aliphatic carbocycles. The lowest BCUT2D eigenvalue weighted by atomic mass is 9.79. The molecule has 0 saturated heterocycles. The number of carbonyl (C=O) groups excluding carboxylic acids is 2. The lowest BCUT2D eigenvalue weighted by Crippen LogP contribution is -2.35. The van der Waals surface area contributed by atoms with Crippen LogP contribution in [-0.4, -0.2) is 25.2 Å². The van der Waals surface area contributed by atoms with E-state index in [0.717, 1.165) is 51.4 Å². The van der Waals surface area contributed by atoms with Crippen molar-refractivity contribution in [1.82, 2.24) is 0 Å². The standard InChI is InChI=1S/C26H48O4/c1-6-7-8-9-10-11-14-18-29-24(27)22-15-12-13-16-23(22)25(28)30-19-17-21(2)20-26(3,4)5/h21-23H,6-20H2,1-5H3. The molecule has 0 aliphatic heterocycles. The second-order valence-electron chi connectivity index (χ2n) is 10.6. The highest BCUT2D eigenvalue weighted by atomic mass is 16.5. The predicted molar refractivity (Wildman–Crippen MR) is 123 cm³/mol. The van der Waals surface area contributed by atoms with Crippen molar-refractivity contribution in [1.29, 1.82) is 0 Å². The van der Waals surface area contributed by atoms with Crippen LogP contribution in [-0.2, 0) is 19.1 Å². The van der Waals surface area contributed by atoms with Gasteiger partial charge in [0.25, 0.3) is 0 Å². The number of hydrogen-bond acceptors (Lipinski definition) is 4.